The van der Waals surface area contributed by atoms with Crippen molar-refractivity contribution in [3.05, 3.63) is 41.7 Å². The van der Waals surface area contributed by atoms with Crippen molar-refractivity contribution in [3.63, 3.8) is 0 Å². The fourth-order valence-electron chi connectivity index (χ4n) is 2.12. The van der Waals surface area contributed by atoms with Crippen molar-refractivity contribution in [1.29, 1.82) is 0 Å². The highest BCUT2D eigenvalue weighted by molar-refractivity contribution is 5.90. The van der Waals surface area contributed by atoms with Gasteiger partial charge in [-0.25, -0.2) is 19.6 Å². The third kappa shape index (κ3) is 6.25. The van der Waals surface area contributed by atoms with Crippen LogP contribution in [0, 0.1) is 6.92 Å². The van der Waals surface area contributed by atoms with Gasteiger partial charge in [0.2, 0.25) is 5.95 Å². The Morgan fingerprint density at radius 3 is 2.30 bits per heavy atom. The lowest BCUT2D eigenvalue weighted by atomic mass is 10.2. The number of ether oxygens (including phenoxy) is 2. The second-order valence-electron chi connectivity index (χ2n) is 6.74. The molecule has 2 aromatic rings. The first-order chi connectivity index (χ1) is 12.7. The summed E-state index contributed by atoms with van der Waals surface area (Å²) in [6, 6.07) is 6.99. The van der Waals surface area contributed by atoms with Gasteiger partial charge in [0.15, 0.2) is 0 Å². The van der Waals surface area contributed by atoms with Gasteiger partial charge in [-0.05, 0) is 58.9 Å². The molecular weight excluding hydrogens is 348 g/mol. The molecule has 0 fully saturated rings. The summed E-state index contributed by atoms with van der Waals surface area (Å²) in [5.41, 5.74) is 1.63. The molecule has 0 saturated heterocycles. The molecule has 27 heavy (non-hydrogen) atoms. The zero-order chi connectivity index (χ0) is 20.0. The standard InChI is InChI=1S/C19H24N4O4/c1-6-26-16(24)15-11-20-17(21-12(15)2)22-13-7-9-14(10-8-13)23-18(25)27-19(3,4)5/h7-11H,6H2,1-5H3,(H,23,25)(H,20,21,22). The van der Waals surface area contributed by atoms with Crippen LogP contribution in [-0.4, -0.2) is 34.2 Å². The number of benzene rings is 1. The maximum absolute atomic E-state index is 11.8. The lowest BCUT2D eigenvalue weighted by molar-refractivity contribution is 0.0523. The number of anilines is 3. The largest absolute Gasteiger partial charge is 0.462 e. The van der Waals surface area contributed by atoms with E-state index in [0.717, 1.165) is 5.69 Å². The van der Waals surface area contributed by atoms with Crippen LogP contribution < -0.4 is 10.6 Å². The van der Waals surface area contributed by atoms with Gasteiger partial charge in [-0.15, -0.1) is 0 Å². The Bertz CT molecular complexity index is 813. The summed E-state index contributed by atoms with van der Waals surface area (Å²) in [4.78, 5) is 32.0. The average Bonchev–Trinajstić information content (AvgIpc) is 2.55. The SMILES string of the molecule is CCOC(=O)c1cnc(Nc2ccc(NC(=O)OC(C)(C)C)cc2)nc1C. The first-order valence-corrected chi connectivity index (χ1v) is 8.56. The molecule has 1 aromatic carbocycles. The third-order valence-corrected chi connectivity index (χ3v) is 3.26. The highest BCUT2D eigenvalue weighted by Gasteiger charge is 2.16. The van der Waals surface area contributed by atoms with Gasteiger partial charge < -0.3 is 14.8 Å². The van der Waals surface area contributed by atoms with Crippen LogP contribution >= 0.6 is 0 Å². The maximum atomic E-state index is 11.8. The van der Waals surface area contributed by atoms with E-state index in [9.17, 15) is 9.59 Å². The Morgan fingerprint density at radius 2 is 1.74 bits per heavy atom. The number of aryl methyl sites for hydroxylation is 1. The van der Waals surface area contributed by atoms with Crippen molar-refractivity contribution in [2.45, 2.75) is 40.2 Å². The van der Waals surface area contributed by atoms with E-state index < -0.39 is 17.7 Å². The number of carbonyl (C=O) groups is 2. The van der Waals surface area contributed by atoms with E-state index in [1.165, 1.54) is 6.20 Å². The van der Waals surface area contributed by atoms with Crippen LogP contribution in [0.3, 0.4) is 0 Å². The monoisotopic (exact) mass is 372 g/mol. The number of carbonyl (C=O) groups excluding carboxylic acids is 2. The first-order valence-electron chi connectivity index (χ1n) is 8.56. The summed E-state index contributed by atoms with van der Waals surface area (Å²) in [5, 5.41) is 5.70. The lowest BCUT2D eigenvalue weighted by Crippen LogP contribution is -2.27. The molecule has 2 N–H and O–H groups in total. The van der Waals surface area contributed by atoms with Crippen molar-refractivity contribution in [1.82, 2.24) is 9.97 Å². The second kappa shape index (κ2) is 8.48. The van der Waals surface area contributed by atoms with Gasteiger partial charge >= 0.3 is 12.1 Å². The molecule has 1 heterocycles. The fourth-order valence-corrected chi connectivity index (χ4v) is 2.12. The zero-order valence-electron chi connectivity index (χ0n) is 16.1. The van der Waals surface area contributed by atoms with Crippen molar-refractivity contribution in [3.8, 4) is 0 Å². The molecule has 144 valence electrons. The van der Waals surface area contributed by atoms with E-state index in [2.05, 4.69) is 20.6 Å². The van der Waals surface area contributed by atoms with Crippen molar-refractivity contribution in [2.75, 3.05) is 17.2 Å². The van der Waals surface area contributed by atoms with Crippen molar-refractivity contribution in [2.24, 2.45) is 0 Å². The number of hydrogen-bond donors (Lipinski definition) is 2. The van der Waals surface area contributed by atoms with Gasteiger partial charge in [-0.3, -0.25) is 5.32 Å². The number of nitrogens with one attached hydrogen (secondary N) is 2. The summed E-state index contributed by atoms with van der Waals surface area (Å²) >= 11 is 0. The molecule has 0 aliphatic carbocycles. The number of hydrogen-bond acceptors (Lipinski definition) is 7. The molecule has 0 aliphatic rings. The minimum absolute atomic E-state index is 0.294. The fraction of sp³-hybridized carbons (Fsp3) is 0.368. The van der Waals surface area contributed by atoms with Gasteiger partial charge in [0.1, 0.15) is 5.60 Å². The Labute approximate surface area is 158 Å². The van der Waals surface area contributed by atoms with Crippen LogP contribution in [0.25, 0.3) is 0 Å². The Hall–Kier alpha value is -3.16. The molecule has 1 amide bonds. The number of esters is 1. The predicted octanol–water partition coefficient (Wildman–Crippen LogP) is 4.05. The van der Waals surface area contributed by atoms with Gasteiger partial charge in [-0.1, -0.05) is 0 Å². The van der Waals surface area contributed by atoms with Crippen LogP contribution in [0.2, 0.25) is 0 Å². The molecule has 0 spiro atoms. The van der Waals surface area contributed by atoms with Gasteiger partial charge in [0.05, 0.1) is 17.9 Å². The molecule has 0 radical (unpaired) electrons. The summed E-state index contributed by atoms with van der Waals surface area (Å²) in [6.45, 7) is 9.15. The van der Waals surface area contributed by atoms with Crippen LogP contribution in [0.15, 0.2) is 30.5 Å². The normalized spacial score (nSPS) is 10.9. The van der Waals surface area contributed by atoms with E-state index in [1.807, 2.05) is 0 Å². The van der Waals surface area contributed by atoms with Gasteiger partial charge in [-0.2, -0.15) is 0 Å². The number of aromatic nitrogens is 2. The van der Waals surface area contributed by atoms with E-state index in [4.69, 9.17) is 9.47 Å². The molecule has 0 saturated carbocycles. The maximum Gasteiger partial charge on any atom is 0.412 e. The van der Waals surface area contributed by atoms with Crippen molar-refractivity contribution < 1.29 is 19.1 Å². The highest BCUT2D eigenvalue weighted by Crippen LogP contribution is 2.18. The van der Waals surface area contributed by atoms with Crippen LogP contribution in [0.4, 0.5) is 22.1 Å². The molecule has 0 aliphatic heterocycles. The lowest BCUT2D eigenvalue weighted by Gasteiger charge is -2.19. The number of amides is 1. The molecule has 8 heteroatoms. The molecule has 1 aromatic heterocycles. The Morgan fingerprint density at radius 1 is 1.11 bits per heavy atom. The molecule has 0 bridgehead atoms. The average molecular weight is 372 g/mol. The quantitative estimate of drug-likeness (QED) is 0.763. The summed E-state index contributed by atoms with van der Waals surface area (Å²) in [6.07, 6.45) is 0.915. The zero-order valence-corrected chi connectivity index (χ0v) is 16.1. The van der Waals surface area contributed by atoms with Gasteiger partial charge in [0.25, 0.3) is 0 Å². The minimum atomic E-state index is -0.559. The summed E-state index contributed by atoms with van der Waals surface area (Å²) in [5.74, 6) is -0.0903. The van der Waals surface area contributed by atoms with E-state index in [0.29, 0.717) is 29.5 Å². The Balaban J connectivity index is 2.01. The first kappa shape index (κ1) is 20.2. The third-order valence-electron chi connectivity index (χ3n) is 3.26. The minimum Gasteiger partial charge on any atom is -0.462 e. The summed E-state index contributed by atoms with van der Waals surface area (Å²) in [7, 11) is 0. The van der Waals surface area contributed by atoms with Crippen LogP contribution in [0.5, 0.6) is 0 Å². The van der Waals surface area contributed by atoms with Crippen molar-refractivity contribution >= 4 is 29.4 Å². The molecular formula is C19H24N4O4. The van der Waals surface area contributed by atoms with Crippen LogP contribution in [0.1, 0.15) is 43.7 Å². The van der Waals surface area contributed by atoms with Crippen LogP contribution in [-0.2, 0) is 9.47 Å². The van der Waals surface area contributed by atoms with E-state index in [-0.39, 0.29) is 0 Å². The van der Waals surface area contributed by atoms with Gasteiger partial charge in [0, 0.05) is 17.6 Å². The molecule has 0 unspecified atom stereocenters. The predicted molar refractivity (Wildman–Crippen MR) is 102 cm³/mol. The number of rotatable bonds is 5. The van der Waals surface area contributed by atoms with E-state index >= 15 is 0 Å². The molecule has 2 rings (SSSR count). The highest BCUT2D eigenvalue weighted by atomic mass is 16.6. The number of nitrogens with zero attached hydrogens (tertiary/aromatic N) is 2. The van der Waals surface area contributed by atoms with E-state index in [1.54, 1.807) is 58.9 Å². The smallest absolute Gasteiger partial charge is 0.412 e. The second-order valence-corrected chi connectivity index (χ2v) is 6.74. The summed E-state index contributed by atoms with van der Waals surface area (Å²) < 4.78 is 10.2. The Kier molecular flexibility index (Phi) is 6.33. The molecule has 8 nitrogen and oxygen atoms in total. The topological polar surface area (TPSA) is 102 Å². The molecule has 0 atom stereocenters.